The van der Waals surface area contributed by atoms with Crippen molar-refractivity contribution in [2.75, 3.05) is 0 Å². The van der Waals surface area contributed by atoms with E-state index in [4.69, 9.17) is 0 Å². The zero-order valence-electron chi connectivity index (χ0n) is 14.9. The van der Waals surface area contributed by atoms with Crippen LogP contribution in [0.15, 0.2) is 45.1 Å². The summed E-state index contributed by atoms with van der Waals surface area (Å²) >= 11 is 1.66. The summed E-state index contributed by atoms with van der Waals surface area (Å²) in [4.78, 5) is 27.9. The third-order valence-electron chi connectivity index (χ3n) is 4.01. The number of aryl methyl sites for hydroxylation is 1. The van der Waals surface area contributed by atoms with Gasteiger partial charge in [-0.05, 0) is 31.0 Å². The summed E-state index contributed by atoms with van der Waals surface area (Å²) in [5, 5.41) is 9.87. The highest BCUT2D eigenvalue weighted by Gasteiger charge is 2.17. The van der Waals surface area contributed by atoms with Crippen LogP contribution >= 0.6 is 11.8 Å². The monoisotopic (exact) mass is 371 g/mol. The van der Waals surface area contributed by atoms with Crippen molar-refractivity contribution < 1.29 is 0 Å². The van der Waals surface area contributed by atoms with Crippen LogP contribution in [0.25, 0.3) is 5.69 Å². The second kappa shape index (κ2) is 7.74. The topological polar surface area (TPSA) is 96.4 Å². The van der Waals surface area contributed by atoms with Crippen molar-refractivity contribution in [2.24, 2.45) is 0 Å². The Labute approximate surface area is 154 Å². The third kappa shape index (κ3) is 4.13. The average molecular weight is 371 g/mol. The normalized spacial score (nSPS) is 12.3. The molecule has 7 nitrogen and oxygen atoms in total. The molecule has 1 atom stereocenters. The fourth-order valence-corrected chi connectivity index (χ4v) is 3.50. The third-order valence-corrected chi connectivity index (χ3v) is 5.22. The zero-order chi connectivity index (χ0) is 18.7. The van der Waals surface area contributed by atoms with Crippen LogP contribution in [0.4, 0.5) is 0 Å². The Bertz CT molecular complexity index is 992. The standard InChI is InChI=1S/C18H21N5O2S/c1-4-12(3)26-18-22-21-15(9-13-10-16(24)20-17(25)19-13)23(18)14-7-5-6-11(2)8-14/h5-8,10,12H,4,9H2,1-3H3,(H2,19,20,24,25)/t12-/m1/s1. The molecule has 0 unspecified atom stereocenters. The van der Waals surface area contributed by atoms with Crippen LogP contribution in [0.1, 0.15) is 37.4 Å². The number of H-pyrrole nitrogens is 2. The summed E-state index contributed by atoms with van der Waals surface area (Å²) in [5.41, 5.74) is 1.64. The first-order valence-electron chi connectivity index (χ1n) is 8.46. The molecule has 3 aromatic rings. The molecule has 26 heavy (non-hydrogen) atoms. The lowest BCUT2D eigenvalue weighted by molar-refractivity contribution is 0.819. The lowest BCUT2D eigenvalue weighted by Gasteiger charge is -2.13. The van der Waals surface area contributed by atoms with E-state index in [-0.39, 0.29) is 0 Å². The molecule has 2 heterocycles. The lowest BCUT2D eigenvalue weighted by Crippen LogP contribution is -2.23. The second-order valence-corrected chi connectivity index (χ2v) is 7.61. The van der Waals surface area contributed by atoms with Gasteiger partial charge in [0.05, 0.1) is 0 Å². The zero-order valence-corrected chi connectivity index (χ0v) is 15.8. The Morgan fingerprint density at radius 2 is 2.00 bits per heavy atom. The van der Waals surface area contributed by atoms with Gasteiger partial charge in [-0.25, -0.2) is 4.79 Å². The van der Waals surface area contributed by atoms with Gasteiger partial charge in [0.2, 0.25) is 0 Å². The number of benzene rings is 1. The number of aromatic amines is 2. The van der Waals surface area contributed by atoms with E-state index in [1.165, 1.54) is 6.07 Å². The summed E-state index contributed by atoms with van der Waals surface area (Å²) in [5.74, 6) is 0.669. The lowest BCUT2D eigenvalue weighted by atomic mass is 10.2. The van der Waals surface area contributed by atoms with Crippen molar-refractivity contribution in [2.45, 2.75) is 44.0 Å². The van der Waals surface area contributed by atoms with Crippen LogP contribution in [-0.2, 0) is 6.42 Å². The van der Waals surface area contributed by atoms with Crippen molar-refractivity contribution >= 4 is 11.8 Å². The number of rotatable bonds is 6. The fourth-order valence-electron chi connectivity index (χ4n) is 2.57. The number of nitrogens with one attached hydrogen (secondary N) is 2. The number of nitrogens with zero attached hydrogens (tertiary/aromatic N) is 3. The minimum Gasteiger partial charge on any atom is -0.311 e. The van der Waals surface area contributed by atoms with Crippen molar-refractivity contribution in [3.8, 4) is 5.69 Å². The van der Waals surface area contributed by atoms with Gasteiger partial charge in [0, 0.05) is 29.1 Å². The molecule has 8 heteroatoms. The molecule has 0 aliphatic heterocycles. The molecular formula is C18H21N5O2S. The van der Waals surface area contributed by atoms with E-state index >= 15 is 0 Å². The van der Waals surface area contributed by atoms with Crippen LogP contribution in [0.5, 0.6) is 0 Å². The van der Waals surface area contributed by atoms with E-state index in [1.807, 2.05) is 29.7 Å². The van der Waals surface area contributed by atoms with E-state index in [9.17, 15) is 9.59 Å². The van der Waals surface area contributed by atoms with Crippen molar-refractivity contribution in [1.29, 1.82) is 0 Å². The first kappa shape index (κ1) is 18.2. The number of hydrogen-bond acceptors (Lipinski definition) is 5. The number of thioether (sulfide) groups is 1. The maximum absolute atomic E-state index is 11.6. The smallest absolute Gasteiger partial charge is 0.311 e. The Morgan fingerprint density at radius 3 is 2.69 bits per heavy atom. The first-order chi connectivity index (χ1) is 12.5. The van der Waals surface area contributed by atoms with E-state index in [0.29, 0.717) is 23.2 Å². The first-order valence-corrected chi connectivity index (χ1v) is 9.34. The van der Waals surface area contributed by atoms with Gasteiger partial charge in [0.15, 0.2) is 5.16 Å². The molecule has 2 N–H and O–H groups in total. The molecule has 0 saturated carbocycles. The Balaban J connectivity index is 2.07. The molecule has 2 aromatic heterocycles. The van der Waals surface area contributed by atoms with Crippen molar-refractivity contribution in [1.82, 2.24) is 24.7 Å². The van der Waals surface area contributed by atoms with Crippen LogP contribution in [0.3, 0.4) is 0 Å². The molecule has 1 aromatic carbocycles. The van der Waals surface area contributed by atoms with Gasteiger partial charge in [-0.15, -0.1) is 10.2 Å². The van der Waals surface area contributed by atoms with E-state index < -0.39 is 11.2 Å². The maximum Gasteiger partial charge on any atom is 0.325 e. The van der Waals surface area contributed by atoms with E-state index in [2.05, 4.69) is 40.1 Å². The van der Waals surface area contributed by atoms with E-state index in [1.54, 1.807) is 11.8 Å². The predicted molar refractivity (Wildman–Crippen MR) is 102 cm³/mol. The van der Waals surface area contributed by atoms with Gasteiger partial charge in [-0.2, -0.15) is 0 Å². The fraction of sp³-hybridized carbons (Fsp3) is 0.333. The number of aromatic nitrogens is 5. The molecule has 0 aliphatic carbocycles. The predicted octanol–water partition coefficient (Wildman–Crippen LogP) is 2.43. The summed E-state index contributed by atoms with van der Waals surface area (Å²) in [6, 6.07) is 9.46. The quantitative estimate of drug-likeness (QED) is 0.649. The summed E-state index contributed by atoms with van der Waals surface area (Å²) < 4.78 is 1.99. The highest BCUT2D eigenvalue weighted by Crippen LogP contribution is 2.27. The minimum atomic E-state index is -0.525. The molecule has 136 valence electrons. The minimum absolute atomic E-state index is 0.307. The average Bonchev–Trinajstić information content (AvgIpc) is 2.96. The molecule has 0 amide bonds. The van der Waals surface area contributed by atoms with Gasteiger partial charge in [-0.1, -0.05) is 37.7 Å². The highest BCUT2D eigenvalue weighted by atomic mass is 32.2. The molecular weight excluding hydrogens is 350 g/mol. The van der Waals surface area contributed by atoms with Crippen molar-refractivity contribution in [3.63, 3.8) is 0 Å². The molecule has 3 rings (SSSR count). The van der Waals surface area contributed by atoms with Crippen molar-refractivity contribution in [3.05, 3.63) is 68.3 Å². The Morgan fingerprint density at radius 1 is 1.19 bits per heavy atom. The molecule has 0 saturated heterocycles. The van der Waals surface area contributed by atoms with Gasteiger partial charge < -0.3 is 4.98 Å². The molecule has 0 aliphatic rings. The summed E-state index contributed by atoms with van der Waals surface area (Å²) in [6.45, 7) is 6.31. The van der Waals surface area contributed by atoms with Crippen LogP contribution in [0, 0.1) is 6.92 Å². The largest absolute Gasteiger partial charge is 0.325 e. The summed E-state index contributed by atoms with van der Waals surface area (Å²) in [7, 11) is 0. The van der Waals surface area contributed by atoms with Crippen LogP contribution in [-0.4, -0.2) is 30.0 Å². The second-order valence-electron chi connectivity index (χ2n) is 6.20. The summed E-state index contributed by atoms with van der Waals surface area (Å²) in [6.07, 6.45) is 1.32. The molecule has 0 radical (unpaired) electrons. The van der Waals surface area contributed by atoms with Crippen LogP contribution < -0.4 is 11.2 Å². The van der Waals surface area contributed by atoms with Gasteiger partial charge in [0.1, 0.15) is 5.82 Å². The van der Waals surface area contributed by atoms with Crippen LogP contribution in [0.2, 0.25) is 0 Å². The Kier molecular flexibility index (Phi) is 5.41. The highest BCUT2D eigenvalue weighted by molar-refractivity contribution is 7.99. The Hall–Kier alpha value is -2.61. The molecule has 0 spiro atoms. The van der Waals surface area contributed by atoms with Gasteiger partial charge >= 0.3 is 5.69 Å². The molecule has 0 bridgehead atoms. The number of hydrogen-bond donors (Lipinski definition) is 2. The van der Waals surface area contributed by atoms with Gasteiger partial charge in [0.25, 0.3) is 5.56 Å². The SMILES string of the molecule is CC[C@@H](C)Sc1nnc(Cc2cc(=O)[nH]c(=O)[nH]2)n1-c1cccc(C)c1. The maximum atomic E-state index is 11.6. The van der Waals surface area contributed by atoms with E-state index in [0.717, 1.165) is 22.8 Å². The molecule has 0 fully saturated rings. The van der Waals surface area contributed by atoms with Gasteiger partial charge in [-0.3, -0.25) is 14.3 Å².